The quantitative estimate of drug-likeness (QED) is 0.536. The Bertz CT molecular complexity index is 1050. The molecule has 0 aliphatic heterocycles. The molecule has 134 valence electrons. The molecule has 0 saturated heterocycles. The molecule has 0 atom stereocenters. The van der Waals surface area contributed by atoms with E-state index >= 15 is 0 Å². The zero-order valence-corrected chi connectivity index (χ0v) is 15.1. The minimum absolute atomic E-state index is 0.0384. The van der Waals surface area contributed by atoms with Crippen molar-refractivity contribution < 1.29 is 9.53 Å². The van der Waals surface area contributed by atoms with Gasteiger partial charge in [0.15, 0.2) is 0 Å². The Morgan fingerprint density at radius 1 is 0.889 bits per heavy atom. The third-order valence-electron chi connectivity index (χ3n) is 4.59. The largest absolute Gasteiger partial charge is 0.457 e. The second kappa shape index (κ2) is 7.38. The number of aromatic amines is 1. The van der Waals surface area contributed by atoms with Gasteiger partial charge in [0.25, 0.3) is 0 Å². The molecule has 0 aliphatic rings. The summed E-state index contributed by atoms with van der Waals surface area (Å²) >= 11 is 0. The van der Waals surface area contributed by atoms with E-state index in [1.165, 1.54) is 0 Å². The number of ether oxygens (including phenoxy) is 1. The topological polar surface area (TPSA) is 45.3 Å². The van der Waals surface area contributed by atoms with E-state index in [2.05, 4.69) is 4.98 Å². The predicted octanol–water partition coefficient (Wildman–Crippen LogP) is 5.17. The number of likely N-dealkylation sites (N-methyl/N-ethyl adjacent to an activating group) is 1. The van der Waals surface area contributed by atoms with Crippen LogP contribution in [0.3, 0.4) is 0 Å². The molecule has 4 heteroatoms. The van der Waals surface area contributed by atoms with Crippen molar-refractivity contribution in [3.63, 3.8) is 0 Å². The van der Waals surface area contributed by atoms with Gasteiger partial charge in [-0.15, -0.1) is 0 Å². The zero-order chi connectivity index (χ0) is 18.6. The van der Waals surface area contributed by atoms with E-state index in [1.807, 2.05) is 85.1 Å². The fraction of sp³-hybridized carbons (Fsp3) is 0.0870. The smallest absolute Gasteiger partial charge is 0.231 e. The van der Waals surface area contributed by atoms with Gasteiger partial charge in [-0.05, 0) is 48.0 Å². The Morgan fingerprint density at radius 3 is 2.33 bits per heavy atom. The van der Waals surface area contributed by atoms with E-state index in [4.69, 9.17) is 4.74 Å². The lowest BCUT2D eigenvalue weighted by Gasteiger charge is -2.17. The van der Waals surface area contributed by atoms with E-state index in [9.17, 15) is 4.79 Å². The number of fused-ring (bicyclic) bond motifs is 1. The summed E-state index contributed by atoms with van der Waals surface area (Å²) in [6, 6.07) is 25.2. The van der Waals surface area contributed by atoms with Crippen LogP contribution in [0.2, 0.25) is 0 Å². The first kappa shape index (κ1) is 16.9. The maximum Gasteiger partial charge on any atom is 0.231 e. The number of aromatic nitrogens is 1. The van der Waals surface area contributed by atoms with Crippen LogP contribution in [-0.2, 0) is 11.2 Å². The molecule has 1 amide bonds. The fourth-order valence-electron chi connectivity index (χ4n) is 3.07. The normalized spacial score (nSPS) is 10.7. The molecule has 4 nitrogen and oxygen atoms in total. The first-order chi connectivity index (χ1) is 13.2. The van der Waals surface area contributed by atoms with Gasteiger partial charge in [0.05, 0.1) is 6.42 Å². The average molecular weight is 356 g/mol. The van der Waals surface area contributed by atoms with E-state index in [0.717, 1.165) is 33.7 Å². The average Bonchev–Trinajstić information content (AvgIpc) is 3.12. The van der Waals surface area contributed by atoms with Gasteiger partial charge in [0.1, 0.15) is 11.5 Å². The van der Waals surface area contributed by atoms with Crippen LogP contribution in [-0.4, -0.2) is 17.9 Å². The lowest BCUT2D eigenvalue weighted by atomic mass is 10.1. The summed E-state index contributed by atoms with van der Waals surface area (Å²) in [5, 5.41) is 1.09. The summed E-state index contributed by atoms with van der Waals surface area (Å²) < 4.78 is 5.80. The lowest BCUT2D eigenvalue weighted by molar-refractivity contribution is -0.117. The van der Waals surface area contributed by atoms with Crippen molar-refractivity contribution in [1.29, 1.82) is 0 Å². The van der Waals surface area contributed by atoms with Crippen LogP contribution >= 0.6 is 0 Å². The van der Waals surface area contributed by atoms with Crippen molar-refractivity contribution in [3.05, 3.63) is 90.6 Å². The molecule has 3 aromatic carbocycles. The van der Waals surface area contributed by atoms with Gasteiger partial charge >= 0.3 is 0 Å². The summed E-state index contributed by atoms with van der Waals surface area (Å²) in [7, 11) is 1.80. The number of carbonyl (C=O) groups excluding carboxylic acids is 1. The molecule has 4 aromatic rings. The zero-order valence-electron chi connectivity index (χ0n) is 15.1. The van der Waals surface area contributed by atoms with Gasteiger partial charge < -0.3 is 14.6 Å². The number of nitrogens with zero attached hydrogens (tertiary/aromatic N) is 1. The summed E-state index contributed by atoms with van der Waals surface area (Å²) in [6.07, 6.45) is 2.26. The van der Waals surface area contributed by atoms with Crippen molar-refractivity contribution in [2.45, 2.75) is 6.42 Å². The second-order valence-electron chi connectivity index (χ2n) is 6.40. The van der Waals surface area contributed by atoms with E-state index in [0.29, 0.717) is 6.42 Å². The Kier molecular flexibility index (Phi) is 4.62. The monoisotopic (exact) mass is 356 g/mol. The SMILES string of the molecule is CN(C(=O)Cc1c[nH]c2ccccc12)c1ccc(Oc2ccccc2)cc1. The van der Waals surface area contributed by atoms with Crippen molar-refractivity contribution in [1.82, 2.24) is 4.98 Å². The van der Waals surface area contributed by atoms with E-state index < -0.39 is 0 Å². The summed E-state index contributed by atoms with van der Waals surface area (Å²) in [5.41, 5.74) is 2.89. The number of nitrogens with one attached hydrogen (secondary N) is 1. The number of para-hydroxylation sites is 2. The number of hydrogen-bond donors (Lipinski definition) is 1. The first-order valence-corrected chi connectivity index (χ1v) is 8.85. The highest BCUT2D eigenvalue weighted by atomic mass is 16.5. The molecule has 27 heavy (non-hydrogen) atoms. The van der Waals surface area contributed by atoms with E-state index in [1.54, 1.807) is 11.9 Å². The van der Waals surface area contributed by atoms with Gasteiger partial charge in [0.2, 0.25) is 5.91 Å². The Morgan fingerprint density at radius 2 is 1.56 bits per heavy atom. The molecule has 1 heterocycles. The van der Waals surface area contributed by atoms with Crippen LogP contribution in [0.4, 0.5) is 5.69 Å². The summed E-state index contributed by atoms with van der Waals surface area (Å²) in [4.78, 5) is 17.6. The molecule has 1 N–H and O–H groups in total. The second-order valence-corrected chi connectivity index (χ2v) is 6.40. The molecule has 4 rings (SSSR count). The molecule has 0 unspecified atom stereocenters. The highest BCUT2D eigenvalue weighted by Crippen LogP contribution is 2.25. The van der Waals surface area contributed by atoms with Gasteiger partial charge in [-0.2, -0.15) is 0 Å². The van der Waals surface area contributed by atoms with Gasteiger partial charge in [0, 0.05) is 29.8 Å². The minimum Gasteiger partial charge on any atom is -0.457 e. The van der Waals surface area contributed by atoms with Crippen molar-refractivity contribution in [2.75, 3.05) is 11.9 Å². The van der Waals surface area contributed by atoms with Gasteiger partial charge in [-0.1, -0.05) is 36.4 Å². The number of H-pyrrole nitrogens is 1. The number of carbonyl (C=O) groups is 1. The molecule has 1 aromatic heterocycles. The summed E-state index contributed by atoms with van der Waals surface area (Å²) in [5.74, 6) is 1.56. The predicted molar refractivity (Wildman–Crippen MR) is 108 cm³/mol. The van der Waals surface area contributed by atoms with Crippen LogP contribution in [0.1, 0.15) is 5.56 Å². The number of amides is 1. The van der Waals surface area contributed by atoms with E-state index in [-0.39, 0.29) is 5.91 Å². The number of benzene rings is 3. The highest BCUT2D eigenvalue weighted by Gasteiger charge is 2.14. The summed E-state index contributed by atoms with van der Waals surface area (Å²) in [6.45, 7) is 0. The van der Waals surface area contributed by atoms with Crippen molar-refractivity contribution >= 4 is 22.5 Å². The third-order valence-corrected chi connectivity index (χ3v) is 4.59. The molecule has 0 spiro atoms. The fourth-order valence-corrected chi connectivity index (χ4v) is 3.07. The molecule has 0 fully saturated rings. The van der Waals surface area contributed by atoms with Gasteiger partial charge in [-0.25, -0.2) is 0 Å². The van der Waals surface area contributed by atoms with Crippen molar-refractivity contribution in [3.8, 4) is 11.5 Å². The lowest BCUT2D eigenvalue weighted by Crippen LogP contribution is -2.27. The van der Waals surface area contributed by atoms with Crippen LogP contribution in [0, 0.1) is 0 Å². The third kappa shape index (κ3) is 3.70. The van der Waals surface area contributed by atoms with Crippen LogP contribution in [0.5, 0.6) is 11.5 Å². The molecular weight excluding hydrogens is 336 g/mol. The minimum atomic E-state index is 0.0384. The number of anilines is 1. The van der Waals surface area contributed by atoms with Crippen molar-refractivity contribution in [2.24, 2.45) is 0 Å². The number of hydrogen-bond acceptors (Lipinski definition) is 2. The Balaban J connectivity index is 1.45. The molecule has 0 aliphatic carbocycles. The standard InChI is InChI=1S/C23H20N2O2/c1-25(23(26)15-17-16-24-22-10-6-5-9-21(17)22)18-11-13-20(14-12-18)27-19-7-3-2-4-8-19/h2-14,16,24H,15H2,1H3. The van der Waals surface area contributed by atoms with Crippen LogP contribution < -0.4 is 9.64 Å². The Labute approximate surface area is 158 Å². The molecular formula is C23H20N2O2. The van der Waals surface area contributed by atoms with Gasteiger partial charge in [-0.3, -0.25) is 4.79 Å². The highest BCUT2D eigenvalue weighted by molar-refractivity contribution is 5.97. The number of rotatable bonds is 5. The molecule has 0 bridgehead atoms. The molecule has 0 radical (unpaired) electrons. The maximum absolute atomic E-state index is 12.7. The maximum atomic E-state index is 12.7. The van der Waals surface area contributed by atoms with Crippen LogP contribution in [0.15, 0.2) is 85.1 Å². The Hall–Kier alpha value is -3.53. The van der Waals surface area contributed by atoms with Crippen LogP contribution in [0.25, 0.3) is 10.9 Å². The molecule has 0 saturated carbocycles. The first-order valence-electron chi connectivity index (χ1n) is 8.85.